The van der Waals surface area contributed by atoms with Crippen molar-refractivity contribution in [3.05, 3.63) is 107 Å². The molecule has 33 heavy (non-hydrogen) atoms. The number of rotatable bonds is 5. The summed E-state index contributed by atoms with van der Waals surface area (Å²) in [5.41, 5.74) is 8.80. The van der Waals surface area contributed by atoms with Crippen LogP contribution in [0.2, 0.25) is 0 Å². The van der Waals surface area contributed by atoms with Crippen LogP contribution in [0.3, 0.4) is 0 Å². The second kappa shape index (κ2) is 9.27. The Kier molecular flexibility index (Phi) is 6.08. The fraction of sp³-hybridized carbons (Fsp3) is 0.0800. The predicted molar refractivity (Wildman–Crippen MR) is 123 cm³/mol. The van der Waals surface area contributed by atoms with E-state index in [-0.39, 0.29) is 5.76 Å². The fourth-order valence-corrected chi connectivity index (χ4v) is 3.53. The smallest absolute Gasteiger partial charge is 0.291 e. The number of hydrogen-bond acceptors (Lipinski definition) is 4. The van der Waals surface area contributed by atoms with Crippen molar-refractivity contribution < 1.29 is 18.8 Å². The van der Waals surface area contributed by atoms with Gasteiger partial charge in [0.1, 0.15) is 0 Å². The van der Waals surface area contributed by atoms with Crippen molar-refractivity contribution in [3.8, 4) is 5.69 Å². The van der Waals surface area contributed by atoms with Crippen LogP contribution in [0.15, 0.2) is 83.5 Å². The summed E-state index contributed by atoms with van der Waals surface area (Å²) in [6.07, 6.45) is 1.41. The minimum absolute atomic E-state index is 0.186. The summed E-state index contributed by atoms with van der Waals surface area (Å²) in [6.45, 7) is 3.77. The van der Waals surface area contributed by atoms with Crippen molar-refractivity contribution in [2.75, 3.05) is 5.32 Å². The predicted octanol–water partition coefficient (Wildman–Crippen LogP) is 4.01. The Labute approximate surface area is 190 Å². The molecule has 0 radical (unpaired) electrons. The van der Waals surface area contributed by atoms with Gasteiger partial charge in [-0.25, -0.2) is 0 Å². The van der Waals surface area contributed by atoms with Gasteiger partial charge >= 0.3 is 0 Å². The molecule has 0 saturated heterocycles. The van der Waals surface area contributed by atoms with Crippen LogP contribution >= 0.6 is 0 Å². The minimum atomic E-state index is -0.482. The van der Waals surface area contributed by atoms with E-state index in [9.17, 15) is 14.4 Å². The van der Waals surface area contributed by atoms with Crippen LogP contribution in [0, 0.1) is 13.8 Å². The van der Waals surface area contributed by atoms with E-state index in [4.69, 9.17) is 4.42 Å². The lowest BCUT2D eigenvalue weighted by molar-refractivity contribution is 0.0846. The van der Waals surface area contributed by atoms with Gasteiger partial charge in [0.25, 0.3) is 17.7 Å². The van der Waals surface area contributed by atoms with E-state index in [1.807, 2.05) is 48.7 Å². The molecule has 3 amide bonds. The van der Waals surface area contributed by atoms with E-state index in [1.54, 1.807) is 42.5 Å². The van der Waals surface area contributed by atoms with Crippen molar-refractivity contribution in [1.82, 2.24) is 15.4 Å². The largest absolute Gasteiger partial charge is 0.459 e. The first kappa shape index (κ1) is 21.6. The van der Waals surface area contributed by atoms with Crippen molar-refractivity contribution in [3.63, 3.8) is 0 Å². The summed E-state index contributed by atoms with van der Waals surface area (Å²) in [5, 5.41) is 2.67. The Morgan fingerprint density at radius 2 is 1.48 bits per heavy atom. The molecule has 0 spiro atoms. The molecule has 2 heterocycles. The van der Waals surface area contributed by atoms with Gasteiger partial charge in [-0.3, -0.25) is 25.2 Å². The number of aromatic nitrogens is 1. The first-order chi connectivity index (χ1) is 15.9. The zero-order valence-corrected chi connectivity index (χ0v) is 18.1. The average molecular weight is 442 g/mol. The summed E-state index contributed by atoms with van der Waals surface area (Å²) in [7, 11) is 0. The molecule has 0 saturated carbocycles. The standard InChI is InChI=1S/C25H22N4O4/c1-16-15-21(17(2)29(16)20-7-4-3-5-8-20)24(31)28-27-23(30)18-10-12-19(13-11-18)26-25(32)22-9-6-14-33-22/h3-15H,1-2H3,(H,26,32)(H,27,30)(H,28,31). The Bertz CT molecular complexity index is 1290. The number of para-hydroxylation sites is 1. The summed E-state index contributed by atoms with van der Waals surface area (Å²) < 4.78 is 7.02. The number of benzene rings is 2. The van der Waals surface area contributed by atoms with Crippen molar-refractivity contribution >= 4 is 23.4 Å². The minimum Gasteiger partial charge on any atom is -0.459 e. The maximum atomic E-state index is 12.7. The third kappa shape index (κ3) is 4.69. The zero-order valence-electron chi connectivity index (χ0n) is 18.1. The van der Waals surface area contributed by atoms with Gasteiger partial charge in [-0.15, -0.1) is 0 Å². The molecule has 0 unspecified atom stereocenters. The maximum absolute atomic E-state index is 12.7. The molecule has 2 aromatic carbocycles. The highest BCUT2D eigenvalue weighted by Gasteiger charge is 2.17. The van der Waals surface area contributed by atoms with Crippen molar-refractivity contribution in [1.29, 1.82) is 0 Å². The number of carbonyl (C=O) groups excluding carboxylic acids is 3. The van der Waals surface area contributed by atoms with E-state index in [0.717, 1.165) is 17.1 Å². The summed E-state index contributed by atoms with van der Waals surface area (Å²) >= 11 is 0. The fourth-order valence-electron chi connectivity index (χ4n) is 3.53. The monoisotopic (exact) mass is 442 g/mol. The molecule has 8 heteroatoms. The molecule has 0 fully saturated rings. The number of anilines is 1. The molecule has 166 valence electrons. The maximum Gasteiger partial charge on any atom is 0.291 e. The number of furan rings is 1. The Morgan fingerprint density at radius 1 is 0.788 bits per heavy atom. The lowest BCUT2D eigenvalue weighted by Gasteiger charge is -2.10. The summed E-state index contributed by atoms with van der Waals surface area (Å²) in [5.74, 6) is -1.10. The molecule has 0 aliphatic heterocycles. The Balaban J connectivity index is 1.38. The molecule has 2 aromatic heterocycles. The van der Waals surface area contributed by atoms with Crippen LogP contribution in [0.25, 0.3) is 5.69 Å². The third-order valence-electron chi connectivity index (χ3n) is 5.13. The van der Waals surface area contributed by atoms with Crippen LogP contribution in [0.5, 0.6) is 0 Å². The van der Waals surface area contributed by atoms with Crippen LogP contribution in [-0.4, -0.2) is 22.3 Å². The van der Waals surface area contributed by atoms with Crippen molar-refractivity contribution in [2.24, 2.45) is 0 Å². The SMILES string of the molecule is Cc1cc(C(=O)NNC(=O)c2ccc(NC(=O)c3ccco3)cc2)c(C)n1-c1ccccc1. The lowest BCUT2D eigenvalue weighted by Crippen LogP contribution is -2.41. The van der Waals surface area contributed by atoms with E-state index >= 15 is 0 Å². The topological polar surface area (TPSA) is 105 Å². The molecule has 8 nitrogen and oxygen atoms in total. The first-order valence-electron chi connectivity index (χ1n) is 10.2. The molecule has 0 aliphatic rings. The number of carbonyl (C=O) groups is 3. The van der Waals surface area contributed by atoms with Gasteiger partial charge in [0.05, 0.1) is 11.8 Å². The molecule has 4 aromatic rings. The van der Waals surface area contributed by atoms with Gasteiger partial charge in [0.2, 0.25) is 0 Å². The van der Waals surface area contributed by atoms with Gasteiger partial charge in [-0.1, -0.05) is 18.2 Å². The van der Waals surface area contributed by atoms with Crippen LogP contribution in [-0.2, 0) is 0 Å². The summed E-state index contributed by atoms with van der Waals surface area (Å²) in [6, 6.07) is 20.9. The van der Waals surface area contributed by atoms with Gasteiger partial charge in [0, 0.05) is 28.3 Å². The number of hydrogen-bond donors (Lipinski definition) is 3. The normalized spacial score (nSPS) is 10.5. The number of amides is 3. The first-order valence-corrected chi connectivity index (χ1v) is 10.2. The molecule has 0 atom stereocenters. The Morgan fingerprint density at radius 3 is 2.15 bits per heavy atom. The highest BCUT2D eigenvalue weighted by atomic mass is 16.3. The van der Waals surface area contributed by atoms with E-state index in [0.29, 0.717) is 16.8 Å². The van der Waals surface area contributed by atoms with Crippen LogP contribution in [0.1, 0.15) is 42.7 Å². The number of nitrogens with one attached hydrogen (secondary N) is 3. The molecule has 0 aliphatic carbocycles. The highest BCUT2D eigenvalue weighted by Crippen LogP contribution is 2.20. The molecular formula is C25H22N4O4. The molecule has 0 bridgehead atoms. The van der Waals surface area contributed by atoms with E-state index in [1.165, 1.54) is 6.26 Å². The van der Waals surface area contributed by atoms with E-state index < -0.39 is 17.7 Å². The highest BCUT2D eigenvalue weighted by molar-refractivity contribution is 6.03. The van der Waals surface area contributed by atoms with Gasteiger partial charge in [0.15, 0.2) is 5.76 Å². The van der Waals surface area contributed by atoms with Gasteiger partial charge < -0.3 is 14.3 Å². The number of nitrogens with zero attached hydrogens (tertiary/aromatic N) is 1. The molecule has 4 rings (SSSR count). The second-order valence-corrected chi connectivity index (χ2v) is 7.37. The average Bonchev–Trinajstić information content (AvgIpc) is 3.46. The molecular weight excluding hydrogens is 420 g/mol. The van der Waals surface area contributed by atoms with E-state index in [2.05, 4.69) is 16.2 Å². The second-order valence-electron chi connectivity index (χ2n) is 7.37. The number of aryl methyl sites for hydroxylation is 1. The van der Waals surface area contributed by atoms with Crippen molar-refractivity contribution in [2.45, 2.75) is 13.8 Å². The zero-order chi connectivity index (χ0) is 23.4. The third-order valence-corrected chi connectivity index (χ3v) is 5.13. The van der Waals surface area contributed by atoms with Gasteiger partial charge in [-0.05, 0) is 68.4 Å². The lowest BCUT2D eigenvalue weighted by atomic mass is 10.2. The number of hydrazine groups is 1. The quantitative estimate of drug-likeness (QED) is 0.406. The van der Waals surface area contributed by atoms with Gasteiger partial charge in [-0.2, -0.15) is 0 Å². The molecule has 3 N–H and O–H groups in total. The van der Waals surface area contributed by atoms with Crippen LogP contribution in [0.4, 0.5) is 5.69 Å². The Hall–Kier alpha value is -4.59. The van der Waals surface area contributed by atoms with Crippen LogP contribution < -0.4 is 16.2 Å². The summed E-state index contributed by atoms with van der Waals surface area (Å²) in [4.78, 5) is 37.2.